The number of fused-ring (bicyclic) bond motifs is 4. The molecule has 3 atom stereocenters. The first kappa shape index (κ1) is 40.9. The van der Waals surface area contributed by atoms with Gasteiger partial charge in [0.15, 0.2) is 11.9 Å². The maximum atomic E-state index is 12.8. The van der Waals surface area contributed by atoms with Gasteiger partial charge in [-0.3, -0.25) is 14.5 Å². The van der Waals surface area contributed by atoms with Gasteiger partial charge in [0.05, 0.1) is 44.6 Å². The Labute approximate surface area is 285 Å². The van der Waals surface area contributed by atoms with E-state index in [1.165, 1.54) is 112 Å². The van der Waals surface area contributed by atoms with Gasteiger partial charge in [0, 0.05) is 26.6 Å². The molecule has 2 aliphatic heterocycles. The summed E-state index contributed by atoms with van der Waals surface area (Å²) in [6.07, 6.45) is 11.3. The van der Waals surface area contributed by atoms with Crippen molar-refractivity contribution in [2.45, 2.75) is 111 Å². The van der Waals surface area contributed by atoms with Gasteiger partial charge in [0.1, 0.15) is 12.1 Å². The Morgan fingerprint density at radius 2 is 1.58 bits per heavy atom. The molecule has 274 valence electrons. The van der Waals surface area contributed by atoms with Crippen molar-refractivity contribution in [1.29, 1.82) is 0 Å². The number of urea groups is 1. The van der Waals surface area contributed by atoms with Gasteiger partial charge in [-0.05, 0) is 32.6 Å². The number of rotatable bonds is 17. The van der Waals surface area contributed by atoms with E-state index in [2.05, 4.69) is 47.5 Å². The molecule has 0 spiro atoms. The van der Waals surface area contributed by atoms with Crippen molar-refractivity contribution < 1.29 is 45.7 Å². The molecule has 2 aliphatic rings. The minimum Gasteiger partial charge on any atom is -0.724 e. The van der Waals surface area contributed by atoms with Gasteiger partial charge in [-0.25, -0.2) is 23.5 Å². The molecule has 0 radical (unpaired) electrons. The van der Waals surface area contributed by atoms with Crippen LogP contribution in [0.5, 0.6) is 0 Å². The van der Waals surface area contributed by atoms with Crippen LogP contribution in [-0.4, -0.2) is 107 Å². The summed E-state index contributed by atoms with van der Waals surface area (Å²) in [5.41, 5.74) is 3.20. The third kappa shape index (κ3) is 11.1. The third-order valence-corrected chi connectivity index (χ3v) is 8.92. The van der Waals surface area contributed by atoms with E-state index in [1.54, 1.807) is 7.05 Å². The van der Waals surface area contributed by atoms with Crippen LogP contribution in [0.15, 0.2) is 11.2 Å². The van der Waals surface area contributed by atoms with Crippen molar-refractivity contribution in [3.05, 3.63) is 17.5 Å². The molecule has 2 bridgehead atoms. The quantitative estimate of drug-likeness (QED) is 0.0475. The molecule has 0 saturated carbocycles. The maximum Gasteiger partial charge on any atom is 0.372 e. The highest BCUT2D eigenvalue weighted by atomic mass is 32.3. The average Bonchev–Trinajstić information content (AvgIpc) is 3.54. The Balaban J connectivity index is 0.000000401. The Morgan fingerprint density at radius 1 is 1.06 bits per heavy atom. The number of hydrogen-bond donors (Lipinski definition) is 1. The van der Waals surface area contributed by atoms with Crippen molar-refractivity contribution in [3.8, 4) is 0 Å². The first-order valence-corrected chi connectivity index (χ1v) is 18.2. The topological polar surface area (TPSA) is 185 Å². The number of nitrogens with one attached hydrogen (secondary N) is 1. The van der Waals surface area contributed by atoms with Gasteiger partial charge in [-0.15, -0.1) is 0 Å². The molecule has 48 heavy (non-hydrogen) atoms. The molecule has 16 nitrogen and oxygen atoms in total. The molecule has 3 heterocycles. The molecular weight excluding hydrogens is 646 g/mol. The lowest BCUT2D eigenvalue weighted by atomic mass is 9.97. The number of aryl methyl sites for hydroxylation is 1. The molecule has 1 aromatic rings. The summed E-state index contributed by atoms with van der Waals surface area (Å²) in [7, 11) is -2.27. The van der Waals surface area contributed by atoms with Gasteiger partial charge in [-0.2, -0.15) is 14.4 Å². The van der Waals surface area contributed by atoms with Crippen molar-refractivity contribution in [2.24, 2.45) is 12.0 Å². The number of hydrogen-bond acceptors (Lipinski definition) is 11. The number of aliphatic imine (C=N–C) groups is 1. The summed E-state index contributed by atoms with van der Waals surface area (Å²) in [5.74, 6) is -1.61. The van der Waals surface area contributed by atoms with Gasteiger partial charge in [-0.1, -0.05) is 53.4 Å². The number of nitrogens with zero attached hydrogens (tertiary/aromatic N) is 6. The number of unbranched alkanes of at least 4 members (excludes halogenated alkanes) is 4. The van der Waals surface area contributed by atoms with Gasteiger partial charge in [0.25, 0.3) is 0 Å². The zero-order valence-corrected chi connectivity index (χ0v) is 30.6. The summed E-state index contributed by atoms with van der Waals surface area (Å²) in [4.78, 5) is 45.9. The molecule has 17 heteroatoms. The molecule has 2 amide bonds. The number of hydroxylamine groups is 3. The van der Waals surface area contributed by atoms with E-state index in [4.69, 9.17) is 9.57 Å². The second kappa shape index (κ2) is 19.0. The molecule has 0 aliphatic carbocycles. The second-order valence-corrected chi connectivity index (χ2v) is 13.3. The van der Waals surface area contributed by atoms with E-state index < -0.39 is 46.6 Å². The SMILES string of the molecule is CCCC[N+](CCCC)(CCCC)CCCC.CN=C(NOC(=O)C(C)OC(C)=O)[C@@H]1c2c(cnn2C)[C@@H]2CN1C(=O)N2OS(=O)(=O)[O-]. The Hall–Kier alpha value is -3.28. The number of esters is 1. The predicted molar refractivity (Wildman–Crippen MR) is 177 cm³/mol. The monoisotopic (exact) mass is 701 g/mol. The fraction of sp³-hybridized carbons (Fsp3) is 0.774. The van der Waals surface area contributed by atoms with Crippen LogP contribution in [0, 0.1) is 0 Å². The lowest BCUT2D eigenvalue weighted by Crippen LogP contribution is -2.50. The van der Waals surface area contributed by atoms with E-state index in [0.717, 1.165) is 6.92 Å². The molecule has 1 unspecified atom stereocenters. The summed E-state index contributed by atoms with van der Waals surface area (Å²) in [6.45, 7) is 17.4. The van der Waals surface area contributed by atoms with Crippen LogP contribution < -0.4 is 5.48 Å². The van der Waals surface area contributed by atoms with Crippen LogP contribution in [0.25, 0.3) is 0 Å². The normalized spacial score (nSPS) is 18.2. The van der Waals surface area contributed by atoms with Crippen molar-refractivity contribution in [2.75, 3.05) is 39.8 Å². The van der Waals surface area contributed by atoms with Crippen LogP contribution in [0.3, 0.4) is 0 Å². The number of quaternary nitrogens is 1. The van der Waals surface area contributed by atoms with E-state index in [-0.39, 0.29) is 12.4 Å². The summed E-state index contributed by atoms with van der Waals surface area (Å²) in [6, 6.07) is -2.79. The van der Waals surface area contributed by atoms with Crippen LogP contribution in [-0.2, 0) is 40.9 Å². The van der Waals surface area contributed by atoms with E-state index in [9.17, 15) is 27.4 Å². The summed E-state index contributed by atoms with van der Waals surface area (Å²) < 4.78 is 45.2. The third-order valence-electron chi connectivity index (χ3n) is 8.58. The molecule has 1 saturated heterocycles. The first-order chi connectivity index (χ1) is 22.7. The Kier molecular flexibility index (Phi) is 16.2. The minimum atomic E-state index is -5.21. The van der Waals surface area contributed by atoms with E-state index >= 15 is 0 Å². The molecular formula is C31H55N7O9S. The Bertz CT molecular complexity index is 1310. The number of aromatic nitrogens is 2. The fourth-order valence-electron chi connectivity index (χ4n) is 6.05. The number of ether oxygens (including phenoxy) is 1. The molecule has 0 aromatic carbocycles. The highest BCUT2D eigenvalue weighted by Crippen LogP contribution is 2.44. The smallest absolute Gasteiger partial charge is 0.372 e. The second-order valence-electron chi connectivity index (χ2n) is 12.3. The minimum absolute atomic E-state index is 0.00754. The lowest BCUT2D eigenvalue weighted by Gasteiger charge is -2.39. The van der Waals surface area contributed by atoms with E-state index in [0.29, 0.717) is 16.3 Å². The van der Waals surface area contributed by atoms with E-state index in [1.807, 2.05) is 0 Å². The van der Waals surface area contributed by atoms with Crippen LogP contribution in [0.2, 0.25) is 0 Å². The summed E-state index contributed by atoms with van der Waals surface area (Å²) in [5, 5.41) is 4.58. The lowest BCUT2D eigenvalue weighted by molar-refractivity contribution is -0.929. The highest BCUT2D eigenvalue weighted by Gasteiger charge is 2.53. The number of amides is 2. The van der Waals surface area contributed by atoms with Gasteiger partial charge < -0.3 is 23.5 Å². The van der Waals surface area contributed by atoms with Gasteiger partial charge >= 0.3 is 18.0 Å². The van der Waals surface area contributed by atoms with Crippen molar-refractivity contribution in [1.82, 2.24) is 25.2 Å². The molecule has 3 rings (SSSR count). The van der Waals surface area contributed by atoms with Gasteiger partial charge in [0.2, 0.25) is 10.4 Å². The first-order valence-electron chi connectivity index (χ1n) is 16.9. The predicted octanol–water partition coefficient (Wildman–Crippen LogP) is 3.68. The van der Waals surface area contributed by atoms with Crippen molar-refractivity contribution in [3.63, 3.8) is 0 Å². The fourth-order valence-corrected chi connectivity index (χ4v) is 6.42. The number of carbonyl (C=O) groups is 3. The standard InChI is InChI=1S/C16H36N.C15H20N6O9S/c1-5-9-13-17(14-10-6-2,15-11-7-3)16-12-8-4;1-7(28-8(2)22)14(23)29-18-13(16-3)12-11-9(5-17-19(11)4)10-6-20(12)15(24)21(10)30-31(25,26)27/h5-16H2,1-4H3;5,7,10,12H,6H2,1-4H3,(H,16,18)(H,25,26,27)/q+1;/p-1/t;7?,10-,12-/m.0/s1. The number of carbonyl (C=O) groups excluding carboxylic acids is 3. The zero-order chi connectivity index (χ0) is 36.1. The highest BCUT2D eigenvalue weighted by molar-refractivity contribution is 7.80. The molecule has 1 fully saturated rings. The van der Waals surface area contributed by atoms with Crippen molar-refractivity contribution >= 4 is 34.2 Å². The molecule has 1 aromatic heterocycles. The maximum absolute atomic E-state index is 12.8. The largest absolute Gasteiger partial charge is 0.724 e. The number of amidine groups is 1. The zero-order valence-electron chi connectivity index (χ0n) is 29.8. The van der Waals surface area contributed by atoms with Crippen LogP contribution in [0.1, 0.15) is 116 Å². The summed E-state index contributed by atoms with van der Waals surface area (Å²) >= 11 is 0. The Morgan fingerprint density at radius 3 is 2.02 bits per heavy atom. The molecule has 1 N–H and O–H groups in total. The average molecular weight is 702 g/mol. The van der Waals surface area contributed by atoms with Crippen LogP contribution >= 0.6 is 0 Å². The van der Waals surface area contributed by atoms with Crippen LogP contribution in [0.4, 0.5) is 4.79 Å².